The van der Waals surface area contributed by atoms with Gasteiger partial charge in [0, 0.05) is 13.1 Å². The van der Waals surface area contributed by atoms with Gasteiger partial charge in [0.1, 0.15) is 11.0 Å². The number of hydrogen-bond acceptors (Lipinski definition) is 3. The van der Waals surface area contributed by atoms with Crippen molar-refractivity contribution in [3.05, 3.63) is 23.8 Å². The van der Waals surface area contributed by atoms with Crippen molar-refractivity contribution in [2.75, 3.05) is 13.1 Å². The summed E-state index contributed by atoms with van der Waals surface area (Å²) >= 11 is 0. The Kier molecular flexibility index (Phi) is 2.77. The van der Waals surface area contributed by atoms with Gasteiger partial charge < -0.3 is 4.90 Å². The summed E-state index contributed by atoms with van der Waals surface area (Å²) in [5, 5.41) is 10.8. The van der Waals surface area contributed by atoms with Gasteiger partial charge in [0.15, 0.2) is 0 Å². The predicted octanol–water partition coefficient (Wildman–Crippen LogP) is 2.61. The van der Waals surface area contributed by atoms with Crippen molar-refractivity contribution in [2.45, 2.75) is 32.6 Å². The lowest BCUT2D eigenvalue weighted by molar-refractivity contribution is 0.0774. The maximum atomic E-state index is 12.8. The summed E-state index contributed by atoms with van der Waals surface area (Å²) in [7, 11) is 0. The van der Waals surface area contributed by atoms with E-state index in [2.05, 4.69) is 22.3 Å². The molecule has 2 fully saturated rings. The van der Waals surface area contributed by atoms with Crippen molar-refractivity contribution in [1.82, 2.24) is 20.3 Å². The molecule has 21 heavy (non-hydrogen) atoms. The third-order valence-electron chi connectivity index (χ3n) is 5.25. The van der Waals surface area contributed by atoms with Gasteiger partial charge in [-0.1, -0.05) is 19.4 Å². The average molecular weight is 284 g/mol. The van der Waals surface area contributed by atoms with Crippen LogP contribution >= 0.6 is 0 Å². The molecule has 5 heteroatoms. The Morgan fingerprint density at radius 1 is 1.38 bits per heavy atom. The highest BCUT2D eigenvalue weighted by atomic mass is 16.2. The number of fused-ring (bicyclic) bond motifs is 1. The number of carbonyl (C=O) groups excluding carboxylic acids is 1. The Bertz CT molecular complexity index is 694. The summed E-state index contributed by atoms with van der Waals surface area (Å²) in [6.07, 6.45) is 5.00. The van der Waals surface area contributed by atoms with E-state index in [0.29, 0.717) is 16.5 Å². The number of likely N-dealkylation sites (tertiary alicyclic amines) is 1. The van der Waals surface area contributed by atoms with Gasteiger partial charge in [-0.05, 0) is 42.7 Å². The number of carbonyl (C=O) groups is 1. The van der Waals surface area contributed by atoms with Crippen LogP contribution in [-0.2, 0) is 0 Å². The van der Waals surface area contributed by atoms with Crippen molar-refractivity contribution >= 4 is 16.9 Å². The molecule has 2 aliphatic rings. The number of nitrogens with one attached hydrogen (secondary N) is 1. The molecule has 2 aromatic rings. The molecule has 1 saturated carbocycles. The molecular formula is C16H20N4O. The average Bonchev–Trinajstić information content (AvgIpc) is 3.19. The minimum absolute atomic E-state index is 0.103. The molecule has 2 heterocycles. The molecular weight excluding hydrogens is 264 g/mol. The zero-order chi connectivity index (χ0) is 14.4. The lowest BCUT2D eigenvalue weighted by Crippen LogP contribution is -2.31. The summed E-state index contributed by atoms with van der Waals surface area (Å²) in [6.45, 7) is 4.11. The zero-order valence-electron chi connectivity index (χ0n) is 12.3. The molecule has 1 aliphatic carbocycles. The van der Waals surface area contributed by atoms with E-state index in [1.165, 1.54) is 19.3 Å². The number of aromatic nitrogens is 3. The fourth-order valence-electron chi connectivity index (χ4n) is 4.19. The summed E-state index contributed by atoms with van der Waals surface area (Å²) in [5.41, 5.74) is 2.49. The molecule has 4 rings (SSSR count). The molecule has 1 aromatic heterocycles. The number of hydrogen-bond donors (Lipinski definition) is 1. The van der Waals surface area contributed by atoms with Crippen LogP contribution in [0, 0.1) is 11.3 Å². The maximum Gasteiger partial charge on any atom is 0.256 e. The predicted molar refractivity (Wildman–Crippen MR) is 79.9 cm³/mol. The van der Waals surface area contributed by atoms with E-state index in [0.717, 1.165) is 30.9 Å². The zero-order valence-corrected chi connectivity index (χ0v) is 12.3. The second-order valence-electron chi connectivity index (χ2n) is 6.82. The Labute approximate surface area is 123 Å². The smallest absolute Gasteiger partial charge is 0.256 e. The minimum Gasteiger partial charge on any atom is -0.338 e. The lowest BCUT2D eigenvalue weighted by atomic mass is 9.85. The number of amides is 1. The first-order chi connectivity index (χ1) is 10.2. The Morgan fingerprint density at radius 2 is 2.29 bits per heavy atom. The summed E-state index contributed by atoms with van der Waals surface area (Å²) in [6, 6.07) is 5.61. The second kappa shape index (κ2) is 4.55. The molecule has 1 aromatic carbocycles. The number of para-hydroxylation sites is 1. The highest BCUT2D eigenvalue weighted by Crippen LogP contribution is 2.48. The first-order valence-electron chi connectivity index (χ1n) is 7.76. The Balaban J connectivity index is 1.60. The Morgan fingerprint density at radius 3 is 3.10 bits per heavy atom. The lowest BCUT2D eigenvalue weighted by Gasteiger charge is -2.24. The van der Waals surface area contributed by atoms with Crippen LogP contribution in [0.5, 0.6) is 0 Å². The van der Waals surface area contributed by atoms with Crippen molar-refractivity contribution < 1.29 is 4.79 Å². The number of rotatable bonds is 1. The topological polar surface area (TPSA) is 61.9 Å². The largest absolute Gasteiger partial charge is 0.338 e. The first-order valence-corrected chi connectivity index (χ1v) is 7.76. The van der Waals surface area contributed by atoms with Gasteiger partial charge in [-0.15, -0.1) is 0 Å². The van der Waals surface area contributed by atoms with Gasteiger partial charge in [0.2, 0.25) is 0 Å². The van der Waals surface area contributed by atoms with Crippen molar-refractivity contribution in [1.29, 1.82) is 0 Å². The van der Waals surface area contributed by atoms with Crippen molar-refractivity contribution in [2.24, 2.45) is 11.3 Å². The minimum atomic E-state index is 0.103. The van der Waals surface area contributed by atoms with E-state index < -0.39 is 0 Å². The van der Waals surface area contributed by atoms with Gasteiger partial charge in [0.25, 0.3) is 5.91 Å². The molecule has 1 aliphatic heterocycles. The normalized spacial score (nSPS) is 28.8. The molecule has 1 N–H and O–H groups in total. The maximum absolute atomic E-state index is 12.8. The SMILES string of the molecule is C[C@@H]1CC[C@]2(CCN(C(=O)c3cccc4n[nH]nc34)C2)C1. The van der Waals surface area contributed by atoms with E-state index in [1.54, 1.807) is 0 Å². The van der Waals surface area contributed by atoms with Crippen LogP contribution in [0.2, 0.25) is 0 Å². The standard InChI is InChI=1S/C16H20N4O/c1-11-5-6-16(9-11)7-8-20(10-16)15(21)12-3-2-4-13-14(12)18-19-17-13/h2-4,11H,5-10H2,1H3,(H,17,18,19)/t11-,16+/m1/s1. The quantitative estimate of drug-likeness (QED) is 0.875. The van der Waals surface area contributed by atoms with Gasteiger partial charge >= 0.3 is 0 Å². The molecule has 1 amide bonds. The molecule has 0 radical (unpaired) electrons. The van der Waals surface area contributed by atoms with Crippen LogP contribution in [0.1, 0.15) is 43.0 Å². The van der Waals surface area contributed by atoms with E-state index in [9.17, 15) is 4.79 Å². The first kappa shape index (κ1) is 12.8. The fourth-order valence-corrected chi connectivity index (χ4v) is 4.19. The van der Waals surface area contributed by atoms with Crippen LogP contribution in [0.15, 0.2) is 18.2 Å². The van der Waals surface area contributed by atoms with Crippen LogP contribution in [0.4, 0.5) is 0 Å². The van der Waals surface area contributed by atoms with Gasteiger partial charge in [0.05, 0.1) is 5.56 Å². The third kappa shape index (κ3) is 2.03. The Hall–Kier alpha value is -1.91. The number of aromatic amines is 1. The molecule has 2 atom stereocenters. The van der Waals surface area contributed by atoms with Crippen molar-refractivity contribution in [3.8, 4) is 0 Å². The van der Waals surface area contributed by atoms with E-state index in [4.69, 9.17) is 0 Å². The second-order valence-corrected chi connectivity index (χ2v) is 6.82. The molecule has 5 nitrogen and oxygen atoms in total. The van der Waals surface area contributed by atoms with Gasteiger partial charge in [-0.3, -0.25) is 4.79 Å². The van der Waals surface area contributed by atoms with Crippen LogP contribution in [0.3, 0.4) is 0 Å². The van der Waals surface area contributed by atoms with Crippen LogP contribution in [-0.4, -0.2) is 39.3 Å². The van der Waals surface area contributed by atoms with E-state index in [-0.39, 0.29) is 5.91 Å². The van der Waals surface area contributed by atoms with E-state index >= 15 is 0 Å². The number of nitrogens with zero attached hydrogens (tertiary/aromatic N) is 3. The third-order valence-corrected chi connectivity index (χ3v) is 5.25. The highest BCUT2D eigenvalue weighted by Gasteiger charge is 2.44. The molecule has 1 saturated heterocycles. The van der Waals surface area contributed by atoms with Crippen LogP contribution in [0.25, 0.3) is 11.0 Å². The van der Waals surface area contributed by atoms with E-state index in [1.807, 2.05) is 23.1 Å². The van der Waals surface area contributed by atoms with Gasteiger partial charge in [-0.25, -0.2) is 0 Å². The van der Waals surface area contributed by atoms with Crippen molar-refractivity contribution in [3.63, 3.8) is 0 Å². The fraction of sp³-hybridized carbons (Fsp3) is 0.562. The summed E-state index contributed by atoms with van der Waals surface area (Å²) in [5.74, 6) is 0.907. The summed E-state index contributed by atoms with van der Waals surface area (Å²) < 4.78 is 0. The van der Waals surface area contributed by atoms with Crippen LogP contribution < -0.4 is 0 Å². The number of benzene rings is 1. The van der Waals surface area contributed by atoms with Gasteiger partial charge in [-0.2, -0.15) is 15.4 Å². The molecule has 110 valence electrons. The molecule has 0 unspecified atom stereocenters. The highest BCUT2D eigenvalue weighted by molar-refractivity contribution is 6.04. The summed E-state index contributed by atoms with van der Waals surface area (Å²) in [4.78, 5) is 14.8. The molecule has 0 bridgehead atoms. The molecule has 1 spiro atoms. The monoisotopic (exact) mass is 284 g/mol. The number of H-pyrrole nitrogens is 1.